The largest absolute Gasteiger partial charge is 0.100 e. The van der Waals surface area contributed by atoms with E-state index in [1.165, 1.54) is 69.8 Å². The zero-order valence-electron chi connectivity index (χ0n) is 18.4. The number of fused-ring (bicyclic) bond motifs is 3. The van der Waals surface area contributed by atoms with Crippen LogP contribution in [0.15, 0.2) is 36.0 Å². The van der Waals surface area contributed by atoms with Crippen LogP contribution in [0.4, 0.5) is 0 Å². The molecule has 3 fully saturated rings. The normalized spacial score (nSPS) is 37.6. The lowest BCUT2D eigenvalue weighted by atomic mass is 9.52. The van der Waals surface area contributed by atoms with Crippen LogP contribution in [0.2, 0.25) is 0 Å². The summed E-state index contributed by atoms with van der Waals surface area (Å²) in [5, 5.41) is 0. The van der Waals surface area contributed by atoms with Gasteiger partial charge in [0, 0.05) is 0 Å². The summed E-state index contributed by atoms with van der Waals surface area (Å²) in [6, 6.07) is 0. The van der Waals surface area contributed by atoms with Crippen molar-refractivity contribution >= 4 is 0 Å². The molecule has 3 aliphatic rings. The SMILES string of the molecule is C=C(C)CCC1C(=C)CCC2C1CCC1(C)/C(=C\CCC)CCC21.CC. The molecule has 0 amide bonds. The third-order valence-corrected chi connectivity index (χ3v) is 7.74. The molecule has 0 aromatic heterocycles. The molecule has 5 unspecified atom stereocenters. The van der Waals surface area contributed by atoms with Gasteiger partial charge in [0.1, 0.15) is 0 Å². The van der Waals surface area contributed by atoms with Crippen molar-refractivity contribution in [3.05, 3.63) is 36.0 Å². The maximum atomic E-state index is 4.48. The molecule has 5 atom stereocenters. The van der Waals surface area contributed by atoms with Crippen LogP contribution >= 0.6 is 0 Å². The molecule has 0 radical (unpaired) electrons. The first kappa shape index (κ1) is 21.5. The van der Waals surface area contributed by atoms with Gasteiger partial charge in [-0.2, -0.15) is 0 Å². The summed E-state index contributed by atoms with van der Waals surface area (Å²) in [6.07, 6.45) is 16.1. The Morgan fingerprint density at radius 2 is 1.88 bits per heavy atom. The second-order valence-corrected chi connectivity index (χ2v) is 9.25. The maximum Gasteiger partial charge on any atom is -0.00852 e. The maximum absolute atomic E-state index is 4.48. The van der Waals surface area contributed by atoms with E-state index in [0.29, 0.717) is 5.41 Å². The molecule has 3 aliphatic carbocycles. The van der Waals surface area contributed by atoms with E-state index in [2.05, 4.69) is 40.0 Å². The molecule has 0 aliphatic heterocycles. The van der Waals surface area contributed by atoms with Gasteiger partial charge in [-0.1, -0.05) is 63.5 Å². The second-order valence-electron chi connectivity index (χ2n) is 9.25. The molecule has 0 heteroatoms. The standard InChI is InChI=1S/C24H38.C2H6/c1-6-7-8-19-11-14-23-22-13-10-18(4)20(12-9-17(2)3)21(22)15-16-24(19,23)5;1-2/h8,20-23H,2,4,6-7,9-16H2,1,3,5H3;1-2H3/b19-8-;. The smallest absolute Gasteiger partial charge is 0.00852 e. The predicted molar refractivity (Wildman–Crippen MR) is 117 cm³/mol. The fraction of sp³-hybridized carbons (Fsp3) is 0.769. The highest BCUT2D eigenvalue weighted by Crippen LogP contribution is 2.63. The van der Waals surface area contributed by atoms with Gasteiger partial charge in [0.05, 0.1) is 0 Å². The fourth-order valence-corrected chi connectivity index (χ4v) is 6.39. The van der Waals surface area contributed by atoms with Crippen molar-refractivity contribution in [1.82, 2.24) is 0 Å². The Labute approximate surface area is 164 Å². The molecular weight excluding hydrogens is 312 g/mol. The van der Waals surface area contributed by atoms with Crippen molar-refractivity contribution < 1.29 is 0 Å². The molecule has 26 heavy (non-hydrogen) atoms. The number of allylic oxidation sites excluding steroid dienone is 4. The van der Waals surface area contributed by atoms with Crippen LogP contribution in [0, 0.1) is 29.1 Å². The third kappa shape index (κ3) is 4.20. The van der Waals surface area contributed by atoms with Gasteiger partial charge >= 0.3 is 0 Å². The Morgan fingerprint density at radius 1 is 1.15 bits per heavy atom. The fourth-order valence-electron chi connectivity index (χ4n) is 6.39. The molecule has 0 N–H and O–H groups in total. The van der Waals surface area contributed by atoms with Crippen LogP contribution in [-0.2, 0) is 0 Å². The highest BCUT2D eigenvalue weighted by molar-refractivity contribution is 5.25. The Bertz CT molecular complexity index is 522. The highest BCUT2D eigenvalue weighted by Gasteiger charge is 2.53. The Kier molecular flexibility index (Phi) is 7.80. The molecular formula is C26H44. The number of rotatable bonds is 5. The molecule has 148 valence electrons. The Hall–Kier alpha value is -0.780. The Morgan fingerprint density at radius 3 is 2.54 bits per heavy atom. The topological polar surface area (TPSA) is 0 Å². The average molecular weight is 357 g/mol. The Balaban J connectivity index is 0.00000117. The van der Waals surface area contributed by atoms with E-state index in [1.807, 2.05) is 19.4 Å². The minimum absolute atomic E-state index is 0.522. The molecule has 0 nitrogen and oxygen atoms in total. The van der Waals surface area contributed by atoms with Gasteiger partial charge in [-0.3, -0.25) is 0 Å². The zero-order valence-corrected chi connectivity index (χ0v) is 18.4. The molecule has 0 saturated heterocycles. The molecule has 0 heterocycles. The van der Waals surface area contributed by atoms with E-state index in [0.717, 1.165) is 23.7 Å². The lowest BCUT2D eigenvalue weighted by Crippen LogP contribution is -2.44. The first-order valence-electron chi connectivity index (χ1n) is 11.5. The van der Waals surface area contributed by atoms with Crippen LogP contribution in [0.25, 0.3) is 0 Å². The van der Waals surface area contributed by atoms with Gasteiger partial charge in [0.2, 0.25) is 0 Å². The number of unbranched alkanes of at least 4 members (excludes halogenated alkanes) is 1. The van der Waals surface area contributed by atoms with Gasteiger partial charge in [-0.15, -0.1) is 6.58 Å². The monoisotopic (exact) mass is 356 g/mol. The molecule has 0 aromatic carbocycles. The molecule has 0 bridgehead atoms. The van der Waals surface area contributed by atoms with E-state index in [-0.39, 0.29) is 0 Å². The summed E-state index contributed by atoms with van der Waals surface area (Å²) in [5.41, 5.74) is 5.24. The van der Waals surface area contributed by atoms with E-state index in [1.54, 1.807) is 5.57 Å². The molecule has 0 aromatic rings. The summed E-state index contributed by atoms with van der Waals surface area (Å²) in [4.78, 5) is 0. The summed E-state index contributed by atoms with van der Waals surface area (Å²) < 4.78 is 0. The van der Waals surface area contributed by atoms with Gasteiger partial charge in [-0.05, 0) is 93.8 Å². The van der Waals surface area contributed by atoms with Crippen molar-refractivity contribution in [3.63, 3.8) is 0 Å². The van der Waals surface area contributed by atoms with E-state index < -0.39 is 0 Å². The van der Waals surface area contributed by atoms with Crippen LogP contribution in [0.5, 0.6) is 0 Å². The van der Waals surface area contributed by atoms with Crippen molar-refractivity contribution in [1.29, 1.82) is 0 Å². The minimum Gasteiger partial charge on any atom is -0.100 e. The van der Waals surface area contributed by atoms with Crippen LogP contribution < -0.4 is 0 Å². The molecule has 3 rings (SSSR count). The minimum atomic E-state index is 0.522. The zero-order chi connectivity index (χ0) is 19.3. The third-order valence-electron chi connectivity index (χ3n) is 7.74. The average Bonchev–Trinajstić information content (AvgIpc) is 2.97. The second kappa shape index (κ2) is 9.43. The highest BCUT2D eigenvalue weighted by atomic mass is 14.6. The van der Waals surface area contributed by atoms with Gasteiger partial charge in [-0.25, -0.2) is 0 Å². The van der Waals surface area contributed by atoms with Crippen LogP contribution in [0.3, 0.4) is 0 Å². The predicted octanol–water partition coefficient (Wildman–Crippen LogP) is 8.50. The molecule has 0 spiro atoms. The summed E-state index contributed by atoms with van der Waals surface area (Å²) in [7, 11) is 0. The summed E-state index contributed by atoms with van der Waals surface area (Å²) in [6.45, 7) is 19.7. The van der Waals surface area contributed by atoms with Gasteiger partial charge < -0.3 is 0 Å². The van der Waals surface area contributed by atoms with E-state index >= 15 is 0 Å². The van der Waals surface area contributed by atoms with Crippen LogP contribution in [-0.4, -0.2) is 0 Å². The van der Waals surface area contributed by atoms with Crippen molar-refractivity contribution in [3.8, 4) is 0 Å². The first-order valence-corrected chi connectivity index (χ1v) is 11.5. The van der Waals surface area contributed by atoms with E-state index in [9.17, 15) is 0 Å². The lowest BCUT2D eigenvalue weighted by molar-refractivity contribution is 0.0153. The van der Waals surface area contributed by atoms with E-state index in [4.69, 9.17) is 0 Å². The van der Waals surface area contributed by atoms with Gasteiger partial charge in [0.25, 0.3) is 0 Å². The van der Waals surface area contributed by atoms with Gasteiger partial charge in [0.15, 0.2) is 0 Å². The van der Waals surface area contributed by atoms with Crippen molar-refractivity contribution in [2.45, 2.75) is 98.8 Å². The van der Waals surface area contributed by atoms with Crippen LogP contribution in [0.1, 0.15) is 98.8 Å². The number of hydrogen-bond acceptors (Lipinski definition) is 0. The number of hydrogen-bond donors (Lipinski definition) is 0. The molecule has 3 saturated carbocycles. The van der Waals surface area contributed by atoms with Crippen molar-refractivity contribution in [2.24, 2.45) is 29.1 Å². The van der Waals surface area contributed by atoms with Crippen molar-refractivity contribution in [2.75, 3.05) is 0 Å². The quantitative estimate of drug-likeness (QED) is 0.433. The summed E-state index contributed by atoms with van der Waals surface area (Å²) in [5.74, 6) is 3.58. The lowest BCUT2D eigenvalue weighted by Gasteiger charge is -2.52. The first-order chi connectivity index (χ1) is 12.5. The summed E-state index contributed by atoms with van der Waals surface area (Å²) >= 11 is 0.